The highest BCUT2D eigenvalue weighted by atomic mass is 35.5. The van der Waals surface area contributed by atoms with Crippen LogP contribution in [0.5, 0.6) is 5.75 Å². The second kappa shape index (κ2) is 5.01. The fourth-order valence-corrected chi connectivity index (χ4v) is 0.991. The van der Waals surface area contributed by atoms with E-state index in [1.165, 1.54) is 0 Å². The summed E-state index contributed by atoms with van der Waals surface area (Å²) in [6.45, 7) is 2.02. The summed E-state index contributed by atoms with van der Waals surface area (Å²) in [6, 6.07) is 7.12. The van der Waals surface area contributed by atoms with Crippen LogP contribution in [0.2, 0.25) is 0 Å². The van der Waals surface area contributed by atoms with Crippen molar-refractivity contribution < 1.29 is 5.11 Å². The number of hydrogen-bond acceptors (Lipinski definition) is 2. The van der Waals surface area contributed by atoms with Gasteiger partial charge in [-0.2, -0.15) is 0 Å². The zero-order valence-electron chi connectivity index (χ0n) is 7.03. The Labute approximate surface area is 78.8 Å². The minimum Gasteiger partial charge on any atom is -0.508 e. The van der Waals surface area contributed by atoms with Gasteiger partial charge in [0.1, 0.15) is 5.75 Å². The zero-order valence-corrected chi connectivity index (χ0v) is 7.84. The topological polar surface area (TPSA) is 46.2 Å². The quantitative estimate of drug-likeness (QED) is 0.746. The van der Waals surface area contributed by atoms with Gasteiger partial charge in [0.25, 0.3) is 0 Å². The van der Waals surface area contributed by atoms with Crippen LogP contribution in [-0.2, 0) is 0 Å². The molecule has 0 heterocycles. The maximum atomic E-state index is 9.10. The largest absolute Gasteiger partial charge is 0.508 e. The SMILES string of the molecule is CC[C@H](N)c1cccc(O)c1.Cl. The zero-order chi connectivity index (χ0) is 8.27. The van der Waals surface area contributed by atoms with E-state index in [1.807, 2.05) is 13.0 Å². The molecule has 1 atom stereocenters. The molecule has 3 N–H and O–H groups in total. The highest BCUT2D eigenvalue weighted by Gasteiger charge is 2.01. The Morgan fingerprint density at radius 3 is 2.67 bits per heavy atom. The lowest BCUT2D eigenvalue weighted by Gasteiger charge is -2.08. The van der Waals surface area contributed by atoms with E-state index in [2.05, 4.69) is 0 Å². The number of hydrogen-bond donors (Lipinski definition) is 2. The van der Waals surface area contributed by atoms with E-state index in [0.29, 0.717) is 0 Å². The standard InChI is InChI=1S/C9H13NO.ClH/c1-2-9(10)7-4-3-5-8(11)6-7;/h3-6,9,11H,2,10H2,1H3;1H/t9-;/m0./s1. The number of phenolic OH excluding ortho intramolecular Hbond substituents is 1. The van der Waals surface area contributed by atoms with Crippen LogP contribution in [-0.4, -0.2) is 5.11 Å². The molecule has 0 bridgehead atoms. The first-order valence-electron chi connectivity index (χ1n) is 3.78. The lowest BCUT2D eigenvalue weighted by atomic mass is 10.1. The molecule has 0 saturated heterocycles. The molecule has 2 nitrogen and oxygen atoms in total. The van der Waals surface area contributed by atoms with Crippen molar-refractivity contribution in [2.45, 2.75) is 19.4 Å². The number of benzene rings is 1. The van der Waals surface area contributed by atoms with Crippen molar-refractivity contribution in [3.63, 3.8) is 0 Å². The van der Waals surface area contributed by atoms with Crippen LogP contribution in [0.3, 0.4) is 0 Å². The number of halogens is 1. The maximum Gasteiger partial charge on any atom is 0.115 e. The molecular formula is C9H14ClNO. The van der Waals surface area contributed by atoms with Gasteiger partial charge in [-0.15, -0.1) is 12.4 Å². The van der Waals surface area contributed by atoms with E-state index in [-0.39, 0.29) is 24.2 Å². The summed E-state index contributed by atoms with van der Waals surface area (Å²) in [5, 5.41) is 9.10. The molecule has 0 saturated carbocycles. The highest BCUT2D eigenvalue weighted by Crippen LogP contribution is 2.17. The molecule has 0 aromatic heterocycles. The number of nitrogens with two attached hydrogens (primary N) is 1. The van der Waals surface area contributed by atoms with Gasteiger partial charge in [-0.05, 0) is 24.1 Å². The molecule has 1 aromatic carbocycles. The van der Waals surface area contributed by atoms with Crippen molar-refractivity contribution >= 4 is 12.4 Å². The van der Waals surface area contributed by atoms with E-state index in [4.69, 9.17) is 10.8 Å². The van der Waals surface area contributed by atoms with Gasteiger partial charge >= 0.3 is 0 Å². The second-order valence-electron chi connectivity index (χ2n) is 2.61. The normalized spacial score (nSPS) is 11.8. The molecule has 3 heteroatoms. The molecular weight excluding hydrogens is 174 g/mol. The summed E-state index contributed by atoms with van der Waals surface area (Å²) in [6.07, 6.45) is 0.892. The summed E-state index contributed by atoms with van der Waals surface area (Å²) in [7, 11) is 0. The van der Waals surface area contributed by atoms with Gasteiger partial charge in [-0.3, -0.25) is 0 Å². The third-order valence-corrected chi connectivity index (χ3v) is 1.74. The van der Waals surface area contributed by atoms with E-state index in [9.17, 15) is 0 Å². The van der Waals surface area contributed by atoms with Crippen LogP contribution in [0.1, 0.15) is 24.9 Å². The Kier molecular flexibility index (Phi) is 4.71. The number of phenols is 1. The van der Waals surface area contributed by atoms with Gasteiger partial charge in [0.05, 0.1) is 0 Å². The summed E-state index contributed by atoms with van der Waals surface area (Å²) in [5.74, 6) is 0.284. The summed E-state index contributed by atoms with van der Waals surface area (Å²) in [4.78, 5) is 0. The predicted octanol–water partition coefficient (Wildman–Crippen LogP) is 2.22. The van der Waals surface area contributed by atoms with Gasteiger partial charge < -0.3 is 10.8 Å². The van der Waals surface area contributed by atoms with Crippen LogP contribution in [0.4, 0.5) is 0 Å². The Morgan fingerprint density at radius 2 is 2.17 bits per heavy atom. The highest BCUT2D eigenvalue weighted by molar-refractivity contribution is 5.85. The van der Waals surface area contributed by atoms with Gasteiger partial charge in [-0.1, -0.05) is 19.1 Å². The van der Waals surface area contributed by atoms with Gasteiger partial charge in [-0.25, -0.2) is 0 Å². The third kappa shape index (κ3) is 2.72. The van der Waals surface area contributed by atoms with Crippen LogP contribution < -0.4 is 5.73 Å². The Hall–Kier alpha value is -0.730. The predicted molar refractivity (Wildman–Crippen MR) is 52.6 cm³/mol. The van der Waals surface area contributed by atoms with Crippen molar-refractivity contribution in [2.75, 3.05) is 0 Å². The summed E-state index contributed by atoms with van der Waals surface area (Å²) < 4.78 is 0. The average Bonchev–Trinajstić information content (AvgIpc) is 2.03. The van der Waals surface area contributed by atoms with Crippen molar-refractivity contribution in [2.24, 2.45) is 5.73 Å². The Morgan fingerprint density at radius 1 is 1.50 bits per heavy atom. The number of rotatable bonds is 2. The molecule has 0 radical (unpaired) electrons. The Balaban J connectivity index is 0.00000121. The van der Waals surface area contributed by atoms with Crippen molar-refractivity contribution in [1.82, 2.24) is 0 Å². The molecule has 0 amide bonds. The summed E-state index contributed by atoms with van der Waals surface area (Å²) >= 11 is 0. The van der Waals surface area contributed by atoms with Gasteiger partial charge in [0, 0.05) is 6.04 Å². The fourth-order valence-electron chi connectivity index (χ4n) is 0.991. The molecule has 1 aromatic rings. The van der Waals surface area contributed by atoms with Gasteiger partial charge in [0.2, 0.25) is 0 Å². The minimum absolute atomic E-state index is 0. The molecule has 0 aliphatic carbocycles. The van der Waals surface area contributed by atoms with Crippen molar-refractivity contribution in [3.05, 3.63) is 29.8 Å². The second-order valence-corrected chi connectivity index (χ2v) is 2.61. The van der Waals surface area contributed by atoms with E-state index in [0.717, 1.165) is 12.0 Å². The van der Waals surface area contributed by atoms with Crippen LogP contribution in [0.15, 0.2) is 24.3 Å². The number of aromatic hydroxyl groups is 1. The van der Waals surface area contributed by atoms with Crippen LogP contribution in [0.25, 0.3) is 0 Å². The maximum absolute atomic E-state index is 9.10. The van der Waals surface area contributed by atoms with Crippen LogP contribution in [0, 0.1) is 0 Å². The molecule has 0 aliphatic rings. The molecule has 0 spiro atoms. The molecule has 0 fully saturated rings. The monoisotopic (exact) mass is 187 g/mol. The lowest BCUT2D eigenvalue weighted by molar-refractivity contribution is 0.473. The minimum atomic E-state index is 0. The Bertz CT molecular complexity index is 240. The average molecular weight is 188 g/mol. The van der Waals surface area contributed by atoms with E-state index >= 15 is 0 Å². The van der Waals surface area contributed by atoms with Crippen molar-refractivity contribution in [3.8, 4) is 5.75 Å². The third-order valence-electron chi connectivity index (χ3n) is 1.74. The lowest BCUT2D eigenvalue weighted by Crippen LogP contribution is -2.07. The van der Waals surface area contributed by atoms with E-state index in [1.54, 1.807) is 18.2 Å². The first-order valence-corrected chi connectivity index (χ1v) is 3.78. The smallest absolute Gasteiger partial charge is 0.115 e. The van der Waals surface area contributed by atoms with E-state index < -0.39 is 0 Å². The molecule has 12 heavy (non-hydrogen) atoms. The first kappa shape index (κ1) is 11.3. The molecule has 1 rings (SSSR count). The summed E-state index contributed by atoms with van der Waals surface area (Å²) in [5.41, 5.74) is 6.75. The fraction of sp³-hybridized carbons (Fsp3) is 0.333. The molecule has 0 unspecified atom stereocenters. The molecule has 0 aliphatic heterocycles. The first-order chi connectivity index (χ1) is 5.24. The van der Waals surface area contributed by atoms with Crippen molar-refractivity contribution in [1.29, 1.82) is 0 Å². The van der Waals surface area contributed by atoms with Gasteiger partial charge in [0.15, 0.2) is 0 Å². The van der Waals surface area contributed by atoms with Crippen LogP contribution >= 0.6 is 12.4 Å². The molecule has 68 valence electrons.